The van der Waals surface area contributed by atoms with Crippen LogP contribution in [-0.2, 0) is 14.4 Å². The van der Waals surface area contributed by atoms with Crippen LogP contribution >= 0.6 is 11.6 Å². The third-order valence-electron chi connectivity index (χ3n) is 7.60. The minimum atomic E-state index is -2.85. The fourth-order valence-electron chi connectivity index (χ4n) is 5.81. The highest BCUT2D eigenvalue weighted by Gasteiger charge is 2.68. The highest BCUT2D eigenvalue weighted by molar-refractivity contribution is 6.32. The van der Waals surface area contributed by atoms with Gasteiger partial charge in [0.15, 0.2) is 17.2 Å². The number of benzene rings is 1. The van der Waals surface area contributed by atoms with Gasteiger partial charge in [0.05, 0.1) is 28.6 Å². The maximum atomic E-state index is 13.8. The lowest BCUT2D eigenvalue weighted by Gasteiger charge is -2.54. The molecule has 10 heteroatoms. The quantitative estimate of drug-likeness (QED) is 0.396. The van der Waals surface area contributed by atoms with Crippen molar-refractivity contribution in [2.75, 3.05) is 13.6 Å². The first kappa shape index (κ1) is 24.4. The van der Waals surface area contributed by atoms with Crippen molar-refractivity contribution in [1.29, 1.82) is 0 Å². The monoisotopic (exact) mass is 491 g/mol. The summed E-state index contributed by atoms with van der Waals surface area (Å²) >= 11 is 6.00. The molecular formula is C24H26ClNO8. The van der Waals surface area contributed by atoms with Crippen LogP contribution in [0.2, 0.25) is 5.02 Å². The molecule has 0 radical (unpaired) electrons. The van der Waals surface area contributed by atoms with E-state index in [1.807, 2.05) is 0 Å². The van der Waals surface area contributed by atoms with E-state index in [0.717, 1.165) is 6.92 Å². The number of likely N-dealkylation sites (N-methyl/N-ethyl adjacent to an activating group) is 1. The predicted molar refractivity (Wildman–Crippen MR) is 121 cm³/mol. The van der Waals surface area contributed by atoms with Gasteiger partial charge in [0.2, 0.25) is 5.78 Å². The third-order valence-corrected chi connectivity index (χ3v) is 7.91. The molecule has 1 aromatic carbocycles. The number of rotatable bonds is 3. The number of carbonyl (C=O) groups is 3. The Kier molecular flexibility index (Phi) is 5.68. The average molecular weight is 492 g/mol. The molecule has 4 unspecified atom stereocenters. The van der Waals surface area contributed by atoms with E-state index < -0.39 is 81.3 Å². The van der Waals surface area contributed by atoms with Crippen LogP contribution in [0, 0.1) is 11.8 Å². The molecule has 0 saturated heterocycles. The molecule has 0 aromatic heterocycles. The first-order valence-corrected chi connectivity index (χ1v) is 11.3. The summed E-state index contributed by atoms with van der Waals surface area (Å²) in [5.41, 5.74) is -3.69. The maximum Gasteiger partial charge on any atom is 0.202 e. The molecule has 1 fully saturated rings. The Morgan fingerprint density at radius 3 is 2.38 bits per heavy atom. The largest absolute Gasteiger partial charge is 0.508 e. The van der Waals surface area contributed by atoms with Crippen molar-refractivity contribution < 1.29 is 39.9 Å². The molecule has 5 N–H and O–H groups in total. The van der Waals surface area contributed by atoms with Crippen LogP contribution < -0.4 is 0 Å². The van der Waals surface area contributed by atoms with E-state index in [0.29, 0.717) is 5.56 Å². The molecule has 0 heterocycles. The number of Topliss-reactive ketones (excluding diaryl/α,β-unsaturated/α-hetero) is 3. The second kappa shape index (κ2) is 7.91. The van der Waals surface area contributed by atoms with Crippen LogP contribution in [-0.4, -0.2) is 79.1 Å². The number of phenolic OH excluding ortho intramolecular Hbond substituents is 1. The van der Waals surface area contributed by atoms with Gasteiger partial charge < -0.3 is 25.5 Å². The first-order chi connectivity index (χ1) is 15.8. The fraction of sp³-hybridized carbons (Fsp3) is 0.458. The molecule has 0 amide bonds. The summed E-state index contributed by atoms with van der Waals surface area (Å²) in [6, 6.07) is 1.68. The summed E-state index contributed by atoms with van der Waals surface area (Å²) in [7, 11) is 1.54. The zero-order valence-corrected chi connectivity index (χ0v) is 19.8. The molecule has 1 saturated carbocycles. The third kappa shape index (κ3) is 2.87. The summed E-state index contributed by atoms with van der Waals surface area (Å²) < 4.78 is 0. The molecule has 6 atom stereocenters. The van der Waals surface area contributed by atoms with Crippen molar-refractivity contribution in [3.05, 3.63) is 45.2 Å². The van der Waals surface area contributed by atoms with Crippen molar-refractivity contribution in [1.82, 2.24) is 4.90 Å². The Balaban J connectivity index is 2.07. The average Bonchev–Trinajstić information content (AvgIpc) is 2.77. The van der Waals surface area contributed by atoms with Gasteiger partial charge in [-0.05, 0) is 38.1 Å². The summed E-state index contributed by atoms with van der Waals surface area (Å²) in [6.07, 6.45) is -1.58. The molecular weight excluding hydrogens is 466 g/mol. The summed E-state index contributed by atoms with van der Waals surface area (Å²) in [6.45, 7) is 4.69. The maximum absolute atomic E-state index is 13.8. The minimum absolute atomic E-state index is 0.0774. The number of fused-ring (bicyclic) bond motifs is 3. The SMILES string of the molecule is CCN(C)[C@@H]1C(=O)C(C(C)=O)=C(O)[C@@]2(O)C(=O)C3=C(O)c4c(ccc(Cl)c4O)C(C)C3C(O)C12. The second-order valence-corrected chi connectivity index (χ2v) is 9.62. The highest BCUT2D eigenvalue weighted by atomic mass is 35.5. The normalized spacial score (nSPS) is 33.1. The molecule has 9 nitrogen and oxygen atoms in total. The van der Waals surface area contributed by atoms with Crippen LogP contribution in [0.4, 0.5) is 0 Å². The van der Waals surface area contributed by atoms with Gasteiger partial charge in [-0.2, -0.15) is 0 Å². The van der Waals surface area contributed by atoms with Gasteiger partial charge in [-0.1, -0.05) is 31.5 Å². The van der Waals surface area contributed by atoms with Crippen LogP contribution in [0.3, 0.4) is 0 Å². The van der Waals surface area contributed by atoms with Gasteiger partial charge in [-0.3, -0.25) is 19.3 Å². The summed E-state index contributed by atoms with van der Waals surface area (Å²) in [5.74, 6) is -8.35. The molecule has 34 heavy (non-hydrogen) atoms. The lowest BCUT2D eigenvalue weighted by Crippen LogP contribution is -2.70. The number of phenols is 1. The number of aromatic hydroxyl groups is 1. The molecule has 3 aliphatic rings. The number of halogens is 1. The van der Waals surface area contributed by atoms with Crippen molar-refractivity contribution in [2.45, 2.75) is 44.4 Å². The van der Waals surface area contributed by atoms with Gasteiger partial charge in [0.25, 0.3) is 0 Å². The van der Waals surface area contributed by atoms with Gasteiger partial charge in [0.1, 0.15) is 22.8 Å². The van der Waals surface area contributed by atoms with Gasteiger partial charge >= 0.3 is 0 Å². The number of aliphatic hydroxyl groups excluding tert-OH is 3. The molecule has 3 aliphatic carbocycles. The smallest absolute Gasteiger partial charge is 0.202 e. The Labute approximate surface area is 200 Å². The van der Waals surface area contributed by atoms with E-state index in [9.17, 15) is 39.9 Å². The van der Waals surface area contributed by atoms with Crippen molar-refractivity contribution in [3.8, 4) is 5.75 Å². The topological polar surface area (TPSA) is 156 Å². The molecule has 0 spiro atoms. The molecule has 1 aromatic rings. The van der Waals surface area contributed by atoms with Crippen molar-refractivity contribution in [2.24, 2.45) is 11.8 Å². The standard InChI is InChI=1S/C24H26ClNO8/c1-5-26(4)17-16-20(30)12-8(2)10-6-7-11(25)18(28)14(10)19(29)15(12)23(33)24(16,34)22(32)13(9(3)27)21(17)31/h6-8,12,16-17,20,28-30,32,34H,5H2,1-4H3/t8?,12?,16?,17-,20?,24+/m0/s1. The number of carbonyl (C=O) groups excluding carboxylic acids is 3. The van der Waals surface area contributed by atoms with Crippen LogP contribution in [0.5, 0.6) is 5.75 Å². The molecule has 4 rings (SSSR count). The zero-order chi connectivity index (χ0) is 25.4. The zero-order valence-electron chi connectivity index (χ0n) is 19.0. The predicted octanol–water partition coefficient (Wildman–Crippen LogP) is 1.64. The van der Waals surface area contributed by atoms with E-state index in [1.54, 1.807) is 27.0 Å². The number of nitrogens with zero attached hydrogens (tertiary/aromatic N) is 1. The summed E-state index contributed by atoms with van der Waals surface area (Å²) in [5, 5.41) is 55.7. The fourth-order valence-corrected chi connectivity index (χ4v) is 5.97. The lowest BCUT2D eigenvalue weighted by atomic mass is 9.54. The molecule has 182 valence electrons. The van der Waals surface area contributed by atoms with Gasteiger partial charge in [-0.25, -0.2) is 0 Å². The Bertz CT molecular complexity index is 1200. The molecule has 0 bridgehead atoms. The van der Waals surface area contributed by atoms with E-state index in [4.69, 9.17) is 11.6 Å². The Morgan fingerprint density at radius 2 is 1.82 bits per heavy atom. The molecule has 0 aliphatic heterocycles. The van der Waals surface area contributed by atoms with Gasteiger partial charge in [0, 0.05) is 11.5 Å². The minimum Gasteiger partial charge on any atom is -0.508 e. The Morgan fingerprint density at radius 1 is 1.21 bits per heavy atom. The number of ketones is 3. The van der Waals surface area contributed by atoms with Crippen molar-refractivity contribution >= 4 is 34.7 Å². The van der Waals surface area contributed by atoms with Crippen LogP contribution in [0.15, 0.2) is 29.0 Å². The number of aliphatic hydroxyl groups is 4. The Hall–Kier alpha value is -2.72. The van der Waals surface area contributed by atoms with E-state index in [2.05, 4.69) is 0 Å². The van der Waals surface area contributed by atoms with E-state index in [-0.39, 0.29) is 17.1 Å². The lowest BCUT2D eigenvalue weighted by molar-refractivity contribution is -0.170. The second-order valence-electron chi connectivity index (χ2n) is 9.21. The van der Waals surface area contributed by atoms with Crippen molar-refractivity contribution in [3.63, 3.8) is 0 Å². The number of hydrogen-bond donors (Lipinski definition) is 5. The number of hydrogen-bond acceptors (Lipinski definition) is 9. The van der Waals surface area contributed by atoms with E-state index in [1.165, 1.54) is 11.0 Å². The van der Waals surface area contributed by atoms with Crippen LogP contribution in [0.25, 0.3) is 5.76 Å². The van der Waals surface area contributed by atoms with Gasteiger partial charge in [-0.15, -0.1) is 0 Å². The van der Waals surface area contributed by atoms with Crippen LogP contribution in [0.1, 0.15) is 37.8 Å². The first-order valence-electron chi connectivity index (χ1n) is 10.9. The van der Waals surface area contributed by atoms with E-state index >= 15 is 0 Å². The summed E-state index contributed by atoms with van der Waals surface area (Å²) in [4.78, 5) is 40.9. The highest BCUT2D eigenvalue weighted by Crippen LogP contribution is 2.56.